The van der Waals surface area contributed by atoms with Crippen molar-refractivity contribution < 1.29 is 32.2 Å². The Bertz CT molecular complexity index is 2270. The van der Waals surface area contributed by atoms with Crippen molar-refractivity contribution in [1.82, 2.24) is 24.8 Å². The van der Waals surface area contributed by atoms with Crippen molar-refractivity contribution in [2.24, 2.45) is 0 Å². The third-order valence-electron chi connectivity index (χ3n) is 10.2. The SMILES string of the molecule is C#Cc1c(F)ccc2cc(OC=O)cc(-c3nc4c5c(nc(OC[C@@]67CCCN6C[C@H](F)C7)nc5c3F)N(C(C)c3cccnc3N)CCO4)c12. The number of nitrogens with two attached hydrogens (primary N) is 1. The fourth-order valence-electron chi connectivity index (χ4n) is 7.85. The van der Waals surface area contributed by atoms with Crippen LogP contribution >= 0.6 is 0 Å². The van der Waals surface area contributed by atoms with E-state index in [9.17, 15) is 9.18 Å². The molecule has 0 aliphatic carbocycles. The lowest BCUT2D eigenvalue weighted by atomic mass is 9.95. The Morgan fingerprint density at radius 2 is 2.06 bits per heavy atom. The van der Waals surface area contributed by atoms with Crippen molar-refractivity contribution in [3.05, 3.63) is 65.4 Å². The number of alkyl halides is 1. The fourth-order valence-corrected chi connectivity index (χ4v) is 7.85. The number of anilines is 2. The van der Waals surface area contributed by atoms with E-state index < -0.39 is 29.4 Å². The van der Waals surface area contributed by atoms with Crippen molar-refractivity contribution in [1.29, 1.82) is 0 Å². The number of fused-ring (bicyclic) bond motifs is 2. The van der Waals surface area contributed by atoms with Gasteiger partial charge in [-0.1, -0.05) is 18.1 Å². The number of aromatic nitrogens is 4. The van der Waals surface area contributed by atoms with Gasteiger partial charge in [0.2, 0.25) is 5.88 Å². The second-order valence-electron chi connectivity index (χ2n) is 13.0. The molecule has 2 N–H and O–H groups in total. The molecule has 2 saturated heterocycles. The van der Waals surface area contributed by atoms with Crippen LogP contribution in [0.3, 0.4) is 0 Å². The van der Waals surface area contributed by atoms with Gasteiger partial charge in [0, 0.05) is 35.7 Å². The first-order valence-corrected chi connectivity index (χ1v) is 16.6. The van der Waals surface area contributed by atoms with Gasteiger partial charge >= 0.3 is 6.01 Å². The summed E-state index contributed by atoms with van der Waals surface area (Å²) in [5.74, 6) is 1.43. The summed E-state index contributed by atoms with van der Waals surface area (Å²) >= 11 is 0. The van der Waals surface area contributed by atoms with Gasteiger partial charge in [-0.05, 0) is 56.0 Å². The zero-order valence-corrected chi connectivity index (χ0v) is 27.5. The van der Waals surface area contributed by atoms with Gasteiger partial charge in [-0.25, -0.2) is 23.1 Å². The maximum absolute atomic E-state index is 17.3. The van der Waals surface area contributed by atoms with E-state index in [-0.39, 0.29) is 82.8 Å². The third-order valence-corrected chi connectivity index (χ3v) is 10.2. The topological polar surface area (TPSA) is 129 Å². The van der Waals surface area contributed by atoms with Gasteiger partial charge in [0.25, 0.3) is 6.47 Å². The first-order chi connectivity index (χ1) is 24.7. The Morgan fingerprint density at radius 1 is 1.20 bits per heavy atom. The van der Waals surface area contributed by atoms with Crippen LogP contribution in [0.25, 0.3) is 32.9 Å². The van der Waals surface area contributed by atoms with Crippen molar-refractivity contribution >= 4 is 39.8 Å². The number of terminal acetylenes is 1. The molecule has 51 heavy (non-hydrogen) atoms. The number of carbonyl (C=O) groups is 1. The molecule has 0 bridgehead atoms. The monoisotopic (exact) mass is 695 g/mol. The van der Waals surface area contributed by atoms with Crippen molar-refractivity contribution in [2.75, 3.05) is 43.5 Å². The normalized spacial score (nSPS) is 20.5. The predicted octanol–water partition coefficient (Wildman–Crippen LogP) is 5.53. The van der Waals surface area contributed by atoms with Gasteiger partial charge in [0.15, 0.2) is 5.82 Å². The summed E-state index contributed by atoms with van der Waals surface area (Å²) in [5, 5.41) is 0.739. The van der Waals surface area contributed by atoms with Crippen molar-refractivity contribution in [3.63, 3.8) is 0 Å². The summed E-state index contributed by atoms with van der Waals surface area (Å²) < 4.78 is 64.6. The van der Waals surface area contributed by atoms with Gasteiger partial charge in [-0.2, -0.15) is 9.97 Å². The number of carbonyl (C=O) groups excluding carboxylic acids is 1. The molecule has 6 heterocycles. The number of rotatable bonds is 8. The molecular formula is C37H32F3N7O4. The number of halogens is 3. The lowest BCUT2D eigenvalue weighted by Crippen LogP contribution is -2.43. The number of ether oxygens (including phenoxy) is 3. The zero-order valence-electron chi connectivity index (χ0n) is 27.5. The van der Waals surface area contributed by atoms with Crippen LogP contribution in [-0.2, 0) is 4.79 Å². The number of hydrogen-bond donors (Lipinski definition) is 1. The van der Waals surface area contributed by atoms with E-state index in [0.29, 0.717) is 29.7 Å². The highest BCUT2D eigenvalue weighted by molar-refractivity contribution is 6.04. The third kappa shape index (κ3) is 5.39. The minimum atomic E-state index is -0.977. The van der Waals surface area contributed by atoms with Crippen molar-refractivity contribution in [3.8, 4) is 41.2 Å². The lowest BCUT2D eigenvalue weighted by Gasteiger charge is -2.32. The Morgan fingerprint density at radius 3 is 2.86 bits per heavy atom. The molecule has 3 aliphatic rings. The maximum Gasteiger partial charge on any atom is 0.319 e. The average Bonchev–Trinajstić information content (AvgIpc) is 3.58. The van der Waals surface area contributed by atoms with Gasteiger partial charge < -0.3 is 24.8 Å². The average molecular weight is 696 g/mol. The number of hydrogen-bond acceptors (Lipinski definition) is 11. The molecule has 0 radical (unpaired) electrons. The van der Waals surface area contributed by atoms with Crippen LogP contribution in [0, 0.1) is 24.0 Å². The summed E-state index contributed by atoms with van der Waals surface area (Å²) in [6.45, 7) is 3.74. The van der Waals surface area contributed by atoms with E-state index in [0.717, 1.165) is 19.4 Å². The van der Waals surface area contributed by atoms with E-state index in [1.54, 1.807) is 12.3 Å². The van der Waals surface area contributed by atoms with Gasteiger partial charge in [0.1, 0.15) is 59.2 Å². The molecule has 14 heteroatoms. The Kier molecular flexibility index (Phi) is 8.02. The summed E-state index contributed by atoms with van der Waals surface area (Å²) in [5.41, 5.74) is 5.94. The molecule has 2 aromatic carbocycles. The molecule has 8 rings (SSSR count). The number of benzene rings is 2. The number of nitrogen functional groups attached to an aromatic ring is 1. The molecule has 260 valence electrons. The van der Waals surface area contributed by atoms with E-state index in [4.69, 9.17) is 31.4 Å². The molecule has 3 atom stereocenters. The molecule has 1 unspecified atom stereocenters. The molecular weight excluding hydrogens is 663 g/mol. The number of pyridine rings is 2. The summed E-state index contributed by atoms with van der Waals surface area (Å²) in [6, 6.07) is 8.57. The van der Waals surface area contributed by atoms with Crippen LogP contribution in [0.15, 0.2) is 42.6 Å². The van der Waals surface area contributed by atoms with Crippen LogP contribution in [0.2, 0.25) is 0 Å². The second-order valence-corrected chi connectivity index (χ2v) is 13.0. The molecule has 5 aromatic rings. The van der Waals surface area contributed by atoms with Gasteiger partial charge in [-0.15, -0.1) is 6.42 Å². The standard InChI is InChI=1S/C37H32F3N7O4/c1-3-24-27(39)8-7-21-14-23(51-19-48)15-26(28(21)24)31-30(40)32-29-34(45-36(44-32)50-18-37-9-5-11-46(37)17-22(38)16-37)47(12-13-49-35(29)43-31)20(2)25-6-4-10-42-33(25)41/h1,4,6-8,10,14-15,19-20,22H,5,9,11-13,16-18H2,2H3,(H2,41,42)/t20?,22-,37+/m1/s1. The van der Waals surface area contributed by atoms with E-state index in [2.05, 4.69) is 25.8 Å². The fraction of sp³-hybridized carbons (Fsp3) is 0.324. The van der Waals surface area contributed by atoms with Crippen LogP contribution in [0.4, 0.5) is 24.8 Å². The summed E-state index contributed by atoms with van der Waals surface area (Å²) in [6.07, 6.45) is 8.33. The van der Waals surface area contributed by atoms with Crippen LogP contribution < -0.4 is 24.8 Å². The first kappa shape index (κ1) is 32.5. The highest BCUT2D eigenvalue weighted by atomic mass is 19.1. The smallest absolute Gasteiger partial charge is 0.319 e. The Balaban J connectivity index is 1.35. The minimum Gasteiger partial charge on any atom is -0.475 e. The lowest BCUT2D eigenvalue weighted by molar-refractivity contribution is -0.120. The minimum absolute atomic E-state index is 0.0157. The first-order valence-electron chi connectivity index (χ1n) is 16.6. The zero-order chi connectivity index (χ0) is 35.4. The highest BCUT2D eigenvalue weighted by Crippen LogP contribution is 2.45. The summed E-state index contributed by atoms with van der Waals surface area (Å²) in [7, 11) is 0. The van der Waals surface area contributed by atoms with Gasteiger partial charge in [0.05, 0.1) is 23.7 Å². The second kappa shape index (κ2) is 12.6. The molecule has 0 saturated carbocycles. The van der Waals surface area contributed by atoms with Crippen LogP contribution in [0.5, 0.6) is 17.6 Å². The molecule has 0 amide bonds. The Labute approximate surface area is 290 Å². The maximum atomic E-state index is 17.3. The molecule has 2 fully saturated rings. The molecule has 3 aliphatic heterocycles. The van der Waals surface area contributed by atoms with Gasteiger partial charge in [-0.3, -0.25) is 9.69 Å². The van der Waals surface area contributed by atoms with Crippen molar-refractivity contribution in [2.45, 2.75) is 43.9 Å². The van der Waals surface area contributed by atoms with Crippen LogP contribution in [0.1, 0.15) is 43.4 Å². The van der Waals surface area contributed by atoms with E-state index >= 15 is 8.78 Å². The summed E-state index contributed by atoms with van der Waals surface area (Å²) in [4.78, 5) is 33.6. The highest BCUT2D eigenvalue weighted by Gasteiger charge is 2.49. The number of nitrogens with zero attached hydrogens (tertiary/aromatic N) is 6. The molecule has 11 nitrogen and oxygen atoms in total. The molecule has 0 spiro atoms. The Hall–Kier alpha value is -5.68. The van der Waals surface area contributed by atoms with E-state index in [1.807, 2.05) is 17.9 Å². The van der Waals surface area contributed by atoms with E-state index in [1.165, 1.54) is 24.3 Å². The largest absolute Gasteiger partial charge is 0.475 e. The molecule has 3 aromatic heterocycles. The quantitative estimate of drug-likeness (QED) is 0.163. The van der Waals surface area contributed by atoms with Crippen LogP contribution in [-0.4, -0.2) is 75.9 Å². The predicted molar refractivity (Wildman–Crippen MR) is 183 cm³/mol.